The number of primary amides is 1. The first-order valence-corrected chi connectivity index (χ1v) is 5.19. The Morgan fingerprint density at radius 1 is 1.35 bits per heavy atom. The van der Waals surface area contributed by atoms with Gasteiger partial charge in [-0.25, -0.2) is 0 Å². The van der Waals surface area contributed by atoms with Gasteiger partial charge in [0.25, 0.3) is 5.91 Å². The molecule has 92 valence electrons. The summed E-state index contributed by atoms with van der Waals surface area (Å²) in [7, 11) is 1.56. The van der Waals surface area contributed by atoms with Crippen LogP contribution in [-0.4, -0.2) is 25.4 Å². The highest BCUT2D eigenvalue weighted by Crippen LogP contribution is 2.22. The molecular formula is C11H16N4O2. The Labute approximate surface area is 99.4 Å². The van der Waals surface area contributed by atoms with Crippen LogP contribution in [0.5, 0.6) is 0 Å². The van der Waals surface area contributed by atoms with E-state index >= 15 is 0 Å². The van der Waals surface area contributed by atoms with Crippen LogP contribution in [0.1, 0.15) is 16.8 Å². The predicted molar refractivity (Wildman–Crippen MR) is 66.5 cm³/mol. The maximum atomic E-state index is 11.2. The quantitative estimate of drug-likeness (QED) is 0.536. The molecule has 1 aromatic rings. The molecule has 0 aromatic heterocycles. The van der Waals surface area contributed by atoms with Crippen molar-refractivity contribution in [2.24, 2.45) is 5.73 Å². The Bertz CT molecular complexity index is 431. The Kier molecular flexibility index (Phi) is 4.33. The van der Waals surface area contributed by atoms with Crippen molar-refractivity contribution >= 4 is 23.2 Å². The number of benzene rings is 1. The second-order valence-electron chi connectivity index (χ2n) is 3.48. The molecule has 0 bridgehead atoms. The number of nitrogens with one attached hydrogen (secondary N) is 2. The van der Waals surface area contributed by atoms with Gasteiger partial charge in [0.2, 0.25) is 5.91 Å². The van der Waals surface area contributed by atoms with Crippen LogP contribution in [-0.2, 0) is 4.79 Å². The number of nitrogens with two attached hydrogens (primary N) is 2. The zero-order valence-corrected chi connectivity index (χ0v) is 9.62. The number of rotatable bonds is 5. The molecule has 1 aromatic carbocycles. The molecule has 0 radical (unpaired) electrons. The van der Waals surface area contributed by atoms with Gasteiger partial charge >= 0.3 is 0 Å². The van der Waals surface area contributed by atoms with E-state index < -0.39 is 5.91 Å². The molecule has 0 saturated carbocycles. The first kappa shape index (κ1) is 12.8. The summed E-state index contributed by atoms with van der Waals surface area (Å²) in [5.74, 6) is -0.646. The Morgan fingerprint density at radius 3 is 2.65 bits per heavy atom. The Balaban J connectivity index is 2.76. The molecule has 0 fully saturated rings. The third-order valence-electron chi connectivity index (χ3n) is 2.29. The van der Waals surface area contributed by atoms with E-state index in [1.165, 1.54) is 0 Å². The highest BCUT2D eigenvalue weighted by molar-refractivity contribution is 6.01. The smallest absolute Gasteiger partial charge is 0.250 e. The van der Waals surface area contributed by atoms with Gasteiger partial charge in [-0.15, -0.1) is 0 Å². The molecule has 0 heterocycles. The summed E-state index contributed by atoms with van der Waals surface area (Å²) in [6.07, 6.45) is 0.295. The maximum Gasteiger partial charge on any atom is 0.250 e. The van der Waals surface area contributed by atoms with Gasteiger partial charge in [0.15, 0.2) is 0 Å². The average molecular weight is 236 g/mol. The number of carbonyl (C=O) groups excluding carboxylic acids is 2. The van der Waals surface area contributed by atoms with Crippen LogP contribution in [0.15, 0.2) is 18.2 Å². The van der Waals surface area contributed by atoms with Crippen LogP contribution in [0.25, 0.3) is 0 Å². The number of carbonyl (C=O) groups is 2. The fraction of sp³-hybridized carbons (Fsp3) is 0.273. The average Bonchev–Trinajstić information content (AvgIpc) is 2.30. The van der Waals surface area contributed by atoms with Crippen molar-refractivity contribution in [3.05, 3.63) is 23.8 Å². The summed E-state index contributed by atoms with van der Waals surface area (Å²) in [6, 6.07) is 4.90. The number of nitrogen functional groups attached to an aromatic ring is 1. The van der Waals surface area contributed by atoms with Crippen molar-refractivity contribution in [1.82, 2.24) is 5.32 Å². The van der Waals surface area contributed by atoms with Crippen molar-refractivity contribution in [1.29, 1.82) is 0 Å². The van der Waals surface area contributed by atoms with Crippen LogP contribution in [0.4, 0.5) is 11.4 Å². The lowest BCUT2D eigenvalue weighted by molar-refractivity contribution is -0.120. The van der Waals surface area contributed by atoms with Crippen LogP contribution in [0, 0.1) is 0 Å². The number of para-hydroxylation sites is 1. The van der Waals surface area contributed by atoms with Crippen LogP contribution in [0.2, 0.25) is 0 Å². The van der Waals surface area contributed by atoms with Crippen molar-refractivity contribution in [2.45, 2.75) is 6.42 Å². The second-order valence-corrected chi connectivity index (χ2v) is 3.48. The lowest BCUT2D eigenvalue weighted by Gasteiger charge is -2.12. The van der Waals surface area contributed by atoms with Crippen molar-refractivity contribution in [2.75, 3.05) is 24.6 Å². The third-order valence-corrected chi connectivity index (χ3v) is 2.29. The number of hydrogen-bond acceptors (Lipinski definition) is 4. The standard InChI is InChI=1S/C11H16N4O2/c1-14-9(16)5-6-15-10-7(11(13)17)3-2-4-8(10)12/h2-4,15H,5-6,12H2,1H3,(H2,13,17)(H,14,16). The number of amides is 2. The van der Waals surface area contributed by atoms with Crippen molar-refractivity contribution < 1.29 is 9.59 Å². The molecule has 0 atom stereocenters. The third kappa shape index (κ3) is 3.37. The maximum absolute atomic E-state index is 11.2. The van der Waals surface area contributed by atoms with Crippen LogP contribution < -0.4 is 22.1 Å². The van der Waals surface area contributed by atoms with E-state index in [4.69, 9.17) is 11.5 Å². The largest absolute Gasteiger partial charge is 0.397 e. The first-order valence-electron chi connectivity index (χ1n) is 5.19. The van der Waals surface area contributed by atoms with E-state index in [2.05, 4.69) is 10.6 Å². The monoisotopic (exact) mass is 236 g/mol. The molecule has 6 nitrogen and oxygen atoms in total. The van der Waals surface area contributed by atoms with E-state index in [-0.39, 0.29) is 5.91 Å². The second kappa shape index (κ2) is 5.74. The Morgan fingerprint density at radius 2 is 2.06 bits per heavy atom. The Hall–Kier alpha value is -2.24. The molecule has 0 aliphatic carbocycles. The molecule has 0 aliphatic heterocycles. The molecular weight excluding hydrogens is 220 g/mol. The highest BCUT2D eigenvalue weighted by Gasteiger charge is 2.10. The summed E-state index contributed by atoms with van der Waals surface area (Å²) in [5.41, 5.74) is 12.2. The number of anilines is 2. The van der Waals surface area contributed by atoms with Gasteiger partial charge in [0.1, 0.15) is 0 Å². The topological polar surface area (TPSA) is 110 Å². The summed E-state index contributed by atoms with van der Waals surface area (Å²) >= 11 is 0. The molecule has 2 amide bonds. The molecule has 17 heavy (non-hydrogen) atoms. The molecule has 6 N–H and O–H groups in total. The summed E-state index contributed by atoms with van der Waals surface area (Å²) < 4.78 is 0. The molecule has 1 rings (SSSR count). The minimum absolute atomic E-state index is 0.0902. The van der Waals surface area contributed by atoms with Crippen molar-refractivity contribution in [3.63, 3.8) is 0 Å². The summed E-state index contributed by atoms with van der Waals surface area (Å²) in [4.78, 5) is 22.2. The zero-order valence-electron chi connectivity index (χ0n) is 9.62. The van der Waals surface area contributed by atoms with Gasteiger partial charge in [0.05, 0.1) is 16.9 Å². The van der Waals surface area contributed by atoms with E-state index in [1.54, 1.807) is 25.2 Å². The predicted octanol–water partition coefficient (Wildman–Crippen LogP) is -0.0843. The lowest BCUT2D eigenvalue weighted by Crippen LogP contribution is -2.22. The van der Waals surface area contributed by atoms with Crippen LogP contribution >= 0.6 is 0 Å². The fourth-order valence-electron chi connectivity index (χ4n) is 1.40. The van der Waals surface area contributed by atoms with Gasteiger partial charge in [-0.05, 0) is 12.1 Å². The fourth-order valence-corrected chi connectivity index (χ4v) is 1.40. The first-order chi connectivity index (χ1) is 8.06. The molecule has 0 saturated heterocycles. The van der Waals surface area contributed by atoms with E-state index in [0.29, 0.717) is 29.9 Å². The lowest BCUT2D eigenvalue weighted by atomic mass is 10.1. The normalized spacial score (nSPS) is 9.71. The van der Waals surface area contributed by atoms with E-state index in [0.717, 1.165) is 0 Å². The van der Waals surface area contributed by atoms with E-state index in [1.807, 2.05) is 0 Å². The summed E-state index contributed by atoms with van der Waals surface area (Å²) in [5, 5.41) is 5.44. The molecule has 0 aliphatic rings. The zero-order chi connectivity index (χ0) is 12.8. The minimum atomic E-state index is -0.556. The van der Waals surface area contributed by atoms with Gasteiger partial charge < -0.3 is 22.1 Å². The minimum Gasteiger partial charge on any atom is -0.397 e. The molecule has 0 spiro atoms. The van der Waals surface area contributed by atoms with E-state index in [9.17, 15) is 9.59 Å². The van der Waals surface area contributed by atoms with Gasteiger partial charge in [-0.3, -0.25) is 9.59 Å². The van der Waals surface area contributed by atoms with Crippen LogP contribution in [0.3, 0.4) is 0 Å². The SMILES string of the molecule is CNC(=O)CCNc1c(N)cccc1C(N)=O. The number of hydrogen-bond donors (Lipinski definition) is 4. The highest BCUT2D eigenvalue weighted by atomic mass is 16.1. The molecule has 6 heteroatoms. The van der Waals surface area contributed by atoms with Gasteiger partial charge in [-0.2, -0.15) is 0 Å². The summed E-state index contributed by atoms with van der Waals surface area (Å²) in [6.45, 7) is 0.383. The van der Waals surface area contributed by atoms with Crippen molar-refractivity contribution in [3.8, 4) is 0 Å². The van der Waals surface area contributed by atoms with Gasteiger partial charge in [0, 0.05) is 20.0 Å². The molecule has 0 unspecified atom stereocenters. The van der Waals surface area contributed by atoms with Gasteiger partial charge in [-0.1, -0.05) is 6.07 Å².